The van der Waals surface area contributed by atoms with Crippen molar-refractivity contribution in [2.75, 3.05) is 11.4 Å². The molecule has 0 radical (unpaired) electrons. The fourth-order valence-corrected chi connectivity index (χ4v) is 6.28. The minimum atomic E-state index is -2.54. The van der Waals surface area contributed by atoms with E-state index in [1.807, 2.05) is 24.3 Å². The summed E-state index contributed by atoms with van der Waals surface area (Å²) in [6, 6.07) is 15.6. The lowest BCUT2D eigenvalue weighted by Gasteiger charge is -2.30. The topological polar surface area (TPSA) is 97.3 Å². The summed E-state index contributed by atoms with van der Waals surface area (Å²) in [4.78, 5) is 13.2. The van der Waals surface area contributed by atoms with Crippen LogP contribution in [0.4, 0.5) is 5.69 Å². The third kappa shape index (κ3) is 6.30. The van der Waals surface area contributed by atoms with E-state index in [9.17, 15) is 13.6 Å². The highest BCUT2D eigenvalue weighted by Crippen LogP contribution is 2.50. The number of rotatable bonds is 11. The molecule has 2 aliphatic carbocycles. The summed E-state index contributed by atoms with van der Waals surface area (Å²) in [5.74, 6) is 1.26. The Morgan fingerprint density at radius 2 is 1.74 bits per heavy atom. The lowest BCUT2D eigenvalue weighted by molar-refractivity contribution is -0.123. The van der Waals surface area contributed by atoms with Crippen LogP contribution in [0.25, 0.3) is 0 Å². The van der Waals surface area contributed by atoms with Crippen LogP contribution in [0, 0.1) is 0 Å². The minimum Gasteiger partial charge on any atom is -0.497 e. The van der Waals surface area contributed by atoms with E-state index < -0.39 is 16.8 Å². The molecule has 12 heteroatoms. The van der Waals surface area contributed by atoms with Crippen molar-refractivity contribution in [2.24, 2.45) is 0 Å². The number of carbonyl (C=O) groups is 1. The van der Waals surface area contributed by atoms with Gasteiger partial charge >= 0.3 is 0 Å². The monoisotopic (exact) mass is 654 g/mol. The van der Waals surface area contributed by atoms with Gasteiger partial charge in [0, 0.05) is 16.6 Å². The Labute approximate surface area is 247 Å². The van der Waals surface area contributed by atoms with E-state index in [1.54, 1.807) is 37.4 Å². The Kier molecular flexibility index (Phi) is 8.30. The van der Waals surface area contributed by atoms with Crippen molar-refractivity contribution >= 4 is 62.0 Å². The first kappa shape index (κ1) is 28.0. The molecule has 0 aromatic heterocycles. The van der Waals surface area contributed by atoms with Crippen molar-refractivity contribution in [3.05, 3.63) is 74.7 Å². The molecule has 2 aliphatic rings. The minimum absolute atomic E-state index is 0.103. The van der Waals surface area contributed by atoms with Gasteiger partial charge in [0.05, 0.1) is 22.8 Å². The van der Waals surface area contributed by atoms with Gasteiger partial charge in [-0.15, -0.1) is 0 Å². The molecular formula is C27H25BrCl2N2O6S. The maximum absolute atomic E-state index is 13.2. The lowest BCUT2D eigenvalue weighted by Crippen LogP contribution is -2.50. The van der Waals surface area contributed by atoms with Gasteiger partial charge in [-0.3, -0.25) is 9.35 Å². The van der Waals surface area contributed by atoms with E-state index >= 15 is 0 Å². The normalized spacial score (nSPS) is 16.2. The number of nitrogens with one attached hydrogen (secondary N) is 1. The third-order valence-electron chi connectivity index (χ3n) is 6.49. The smallest absolute Gasteiger partial charge is 0.262 e. The van der Waals surface area contributed by atoms with E-state index in [1.165, 1.54) is 4.31 Å². The number of hydrogen-bond acceptors (Lipinski definition) is 5. The predicted octanol–water partition coefficient (Wildman–Crippen LogP) is 6.89. The van der Waals surface area contributed by atoms with Crippen LogP contribution >= 0.6 is 39.1 Å². The van der Waals surface area contributed by atoms with Gasteiger partial charge in [-0.05, 0) is 67.6 Å². The third-order valence-corrected chi connectivity index (χ3v) is 8.37. The van der Waals surface area contributed by atoms with Crippen LogP contribution in [-0.4, -0.2) is 33.4 Å². The maximum atomic E-state index is 13.2. The van der Waals surface area contributed by atoms with Crippen LogP contribution in [0.5, 0.6) is 23.0 Å². The number of methoxy groups -OCH3 is 1. The van der Waals surface area contributed by atoms with Crippen molar-refractivity contribution in [2.45, 2.75) is 43.9 Å². The van der Waals surface area contributed by atoms with E-state index in [2.05, 4.69) is 21.2 Å². The summed E-state index contributed by atoms with van der Waals surface area (Å²) in [5, 5.41) is 3.53. The number of hydrogen-bond donors (Lipinski definition) is 2. The highest BCUT2D eigenvalue weighted by atomic mass is 79.9. The average Bonchev–Trinajstić information content (AvgIpc) is 3.83. The molecule has 3 aromatic carbocycles. The number of anilines is 1. The van der Waals surface area contributed by atoms with E-state index in [-0.39, 0.29) is 40.0 Å². The van der Waals surface area contributed by atoms with Crippen molar-refractivity contribution < 1.29 is 27.8 Å². The molecule has 3 aromatic rings. The van der Waals surface area contributed by atoms with Gasteiger partial charge in [-0.1, -0.05) is 51.3 Å². The van der Waals surface area contributed by atoms with E-state index in [4.69, 9.17) is 37.4 Å². The van der Waals surface area contributed by atoms with Gasteiger partial charge in [0.2, 0.25) is 5.91 Å². The first-order chi connectivity index (χ1) is 18.7. The summed E-state index contributed by atoms with van der Waals surface area (Å²) < 4.78 is 42.5. The molecule has 0 bridgehead atoms. The lowest BCUT2D eigenvalue weighted by atomic mass is 10.2. The van der Waals surface area contributed by atoms with Crippen molar-refractivity contribution in [3.8, 4) is 23.0 Å². The molecule has 0 heterocycles. The van der Waals surface area contributed by atoms with E-state index in [0.29, 0.717) is 34.6 Å². The van der Waals surface area contributed by atoms with Gasteiger partial charge in [-0.2, -0.15) is 0 Å². The summed E-state index contributed by atoms with van der Waals surface area (Å²) in [6.45, 7) is 0.175. The van der Waals surface area contributed by atoms with Gasteiger partial charge in [0.15, 0.2) is 5.75 Å². The molecule has 1 unspecified atom stereocenters. The number of ether oxygens (including phenoxy) is 3. The molecule has 1 atom stereocenters. The number of benzene rings is 3. The van der Waals surface area contributed by atoms with Crippen LogP contribution in [-0.2, 0) is 22.7 Å². The Bertz CT molecular complexity index is 1390. The molecule has 2 fully saturated rings. The fraction of sp³-hybridized carbons (Fsp3) is 0.296. The first-order valence-corrected chi connectivity index (χ1v) is 14.8. The molecule has 0 aliphatic heterocycles. The van der Waals surface area contributed by atoms with Crippen LogP contribution in [0.15, 0.2) is 59.1 Å². The van der Waals surface area contributed by atoms with Crippen molar-refractivity contribution in [1.82, 2.24) is 5.32 Å². The number of nitrogens with zero attached hydrogens (tertiary/aromatic N) is 1. The zero-order valence-corrected chi connectivity index (χ0v) is 24.7. The maximum Gasteiger partial charge on any atom is 0.262 e. The molecular weight excluding hydrogens is 631 g/mol. The largest absolute Gasteiger partial charge is 0.497 e. The van der Waals surface area contributed by atoms with Crippen molar-refractivity contribution in [3.63, 3.8) is 0 Å². The fourth-order valence-electron chi connectivity index (χ4n) is 4.12. The average molecular weight is 656 g/mol. The van der Waals surface area contributed by atoms with E-state index in [0.717, 1.165) is 18.4 Å². The second-order valence-corrected chi connectivity index (χ2v) is 11.9. The number of amides is 1. The summed E-state index contributed by atoms with van der Waals surface area (Å²) >= 11 is 13.5. The Morgan fingerprint density at radius 1 is 1.10 bits per heavy atom. The zero-order chi connectivity index (χ0) is 27.7. The molecule has 206 valence electrons. The van der Waals surface area contributed by atoms with Crippen LogP contribution in [0.2, 0.25) is 10.0 Å². The number of halogens is 3. The molecule has 8 nitrogen and oxygen atoms in total. The molecule has 0 saturated heterocycles. The van der Waals surface area contributed by atoms with Gasteiger partial charge in [-0.25, -0.2) is 8.51 Å². The van der Waals surface area contributed by atoms with Crippen LogP contribution < -0.4 is 23.8 Å². The highest BCUT2D eigenvalue weighted by molar-refractivity contribution is 9.10. The van der Waals surface area contributed by atoms with Crippen LogP contribution in [0.1, 0.15) is 31.2 Å². The molecule has 0 spiro atoms. The standard InChI is InChI=1S/C27H25BrCl2N2O6S/c1-36-19-6-2-16(3-7-19)15-37-24-9-8-20(38-25-21(29)12-17(28)13-22(25)30)14-23(24)32(39(34)35)27(10-11-27)26(33)31-18-4-5-18/h2-3,6-9,12-14,18H,4-5,10-11,15H2,1H3,(H,31,33)(H,34,35). The van der Waals surface area contributed by atoms with Crippen LogP contribution in [0.3, 0.4) is 0 Å². The Morgan fingerprint density at radius 3 is 2.31 bits per heavy atom. The number of carbonyl (C=O) groups excluding carboxylic acids is 1. The first-order valence-electron chi connectivity index (χ1n) is 12.1. The second-order valence-electron chi connectivity index (χ2n) is 9.37. The molecule has 2 N–H and O–H groups in total. The zero-order valence-electron chi connectivity index (χ0n) is 20.8. The molecule has 5 rings (SSSR count). The Balaban J connectivity index is 1.50. The summed E-state index contributed by atoms with van der Waals surface area (Å²) in [6.07, 6.45) is 2.65. The predicted molar refractivity (Wildman–Crippen MR) is 154 cm³/mol. The molecule has 1 amide bonds. The van der Waals surface area contributed by atoms with Crippen molar-refractivity contribution in [1.29, 1.82) is 0 Å². The highest BCUT2D eigenvalue weighted by Gasteiger charge is 2.58. The summed E-state index contributed by atoms with van der Waals surface area (Å²) in [7, 11) is 1.59. The van der Waals surface area contributed by atoms with Gasteiger partial charge in [0.1, 0.15) is 29.4 Å². The molecule has 39 heavy (non-hydrogen) atoms. The summed E-state index contributed by atoms with van der Waals surface area (Å²) in [5.41, 5.74) is -0.0826. The Hall–Kier alpha value is -2.50. The second kappa shape index (κ2) is 11.5. The SMILES string of the molecule is COc1ccc(COc2ccc(Oc3c(Cl)cc(Br)cc3Cl)cc2N(S(=O)O)C2(C(=O)NC3CC3)CC2)cc1. The molecule has 2 saturated carbocycles. The van der Waals surface area contributed by atoms with Gasteiger partial charge in [0.25, 0.3) is 11.3 Å². The quantitative estimate of drug-likeness (QED) is 0.218. The van der Waals surface area contributed by atoms with Gasteiger partial charge < -0.3 is 19.5 Å².